The number of carbonyl (C=O) groups is 1. The van der Waals surface area contributed by atoms with E-state index in [0.29, 0.717) is 32.0 Å². The summed E-state index contributed by atoms with van der Waals surface area (Å²) < 4.78 is 30.2. The second-order valence-electron chi connectivity index (χ2n) is 7.36. The van der Waals surface area contributed by atoms with Crippen molar-refractivity contribution in [2.45, 2.75) is 24.8 Å². The van der Waals surface area contributed by atoms with E-state index in [2.05, 4.69) is 5.32 Å². The number of methoxy groups -OCH3 is 1. The van der Waals surface area contributed by atoms with Crippen LogP contribution in [0.25, 0.3) is 0 Å². The molecule has 0 bridgehead atoms. The van der Waals surface area contributed by atoms with Crippen molar-refractivity contribution < 1.29 is 23.4 Å². The summed E-state index contributed by atoms with van der Waals surface area (Å²) in [6.07, 6.45) is 0.665. The monoisotopic (exact) mass is 385 g/mol. The molecule has 1 spiro atoms. The van der Waals surface area contributed by atoms with Crippen molar-refractivity contribution in [3.63, 3.8) is 0 Å². The van der Waals surface area contributed by atoms with E-state index in [1.54, 1.807) is 13.2 Å². The number of carbonyl (C=O) groups excluding carboxylic acids is 1. The highest BCUT2D eigenvalue weighted by atomic mass is 19.1. The fourth-order valence-electron chi connectivity index (χ4n) is 4.03. The third-order valence-electron chi connectivity index (χ3n) is 5.60. The molecule has 2 aliphatic rings. The lowest BCUT2D eigenvalue weighted by molar-refractivity contribution is -0.124. The summed E-state index contributed by atoms with van der Waals surface area (Å²) in [5.74, 6) is 0.879. The minimum Gasteiger partial charge on any atom is -0.494 e. The molecule has 0 saturated heterocycles. The highest BCUT2D eigenvalue weighted by Crippen LogP contribution is 2.60. The Morgan fingerprint density at radius 1 is 1.32 bits per heavy atom. The minimum atomic E-state index is -0.405. The molecule has 1 N–H and O–H groups in total. The van der Waals surface area contributed by atoms with Crippen LogP contribution in [-0.2, 0) is 14.9 Å². The summed E-state index contributed by atoms with van der Waals surface area (Å²) in [6.45, 7) is 3.32. The largest absolute Gasteiger partial charge is 0.494 e. The van der Waals surface area contributed by atoms with Gasteiger partial charge in [0.1, 0.15) is 17.3 Å². The van der Waals surface area contributed by atoms with Crippen molar-refractivity contribution in [2.24, 2.45) is 5.92 Å². The molecule has 1 aliphatic carbocycles. The van der Waals surface area contributed by atoms with E-state index in [0.717, 1.165) is 16.9 Å². The number of ether oxygens (including phenoxy) is 3. The molecule has 5 nitrogen and oxygen atoms in total. The van der Waals surface area contributed by atoms with Crippen LogP contribution in [0.5, 0.6) is 11.5 Å². The molecule has 2 aromatic carbocycles. The predicted molar refractivity (Wildman–Crippen MR) is 102 cm³/mol. The maximum absolute atomic E-state index is 13.7. The third-order valence-corrected chi connectivity index (χ3v) is 5.60. The second-order valence-corrected chi connectivity index (χ2v) is 7.36. The SMILES string of the molecule is CCOc1ccc([C@H](COC)NC(=O)C2CC23COc2ccc(F)cc23)cc1. The molecule has 1 amide bonds. The van der Waals surface area contributed by atoms with Crippen molar-refractivity contribution in [1.82, 2.24) is 5.32 Å². The molecule has 2 aromatic rings. The van der Waals surface area contributed by atoms with Gasteiger partial charge in [0.2, 0.25) is 5.91 Å². The van der Waals surface area contributed by atoms with Crippen LogP contribution in [0.3, 0.4) is 0 Å². The topological polar surface area (TPSA) is 56.8 Å². The van der Waals surface area contributed by atoms with Crippen molar-refractivity contribution in [1.29, 1.82) is 0 Å². The zero-order valence-corrected chi connectivity index (χ0v) is 16.0. The van der Waals surface area contributed by atoms with Gasteiger partial charge in [0.25, 0.3) is 0 Å². The van der Waals surface area contributed by atoms with Gasteiger partial charge in [0.15, 0.2) is 0 Å². The van der Waals surface area contributed by atoms with Gasteiger partial charge < -0.3 is 19.5 Å². The fraction of sp³-hybridized carbons (Fsp3) is 0.409. The Morgan fingerprint density at radius 3 is 2.82 bits per heavy atom. The normalized spacial score (nSPS) is 23.0. The van der Waals surface area contributed by atoms with E-state index in [4.69, 9.17) is 14.2 Å². The fourth-order valence-corrected chi connectivity index (χ4v) is 4.03. The number of hydrogen-bond acceptors (Lipinski definition) is 4. The number of fused-ring (bicyclic) bond motifs is 2. The summed E-state index contributed by atoms with van der Waals surface area (Å²) in [5.41, 5.74) is 1.34. The number of nitrogens with one attached hydrogen (secondary N) is 1. The Kier molecular flexibility index (Phi) is 4.98. The van der Waals surface area contributed by atoms with Crippen LogP contribution in [0, 0.1) is 11.7 Å². The van der Waals surface area contributed by atoms with Crippen LogP contribution in [0.15, 0.2) is 42.5 Å². The van der Waals surface area contributed by atoms with Crippen LogP contribution in [0.4, 0.5) is 4.39 Å². The maximum Gasteiger partial charge on any atom is 0.224 e. The Bertz CT molecular complexity index is 869. The zero-order valence-electron chi connectivity index (χ0n) is 16.0. The molecule has 4 rings (SSSR count). The van der Waals surface area contributed by atoms with E-state index in [1.807, 2.05) is 31.2 Å². The van der Waals surface area contributed by atoms with Gasteiger partial charge in [-0.1, -0.05) is 12.1 Å². The molecule has 1 saturated carbocycles. The molecule has 28 heavy (non-hydrogen) atoms. The average molecular weight is 385 g/mol. The first-order valence-corrected chi connectivity index (χ1v) is 9.52. The first-order valence-electron chi connectivity index (χ1n) is 9.52. The summed E-state index contributed by atoms with van der Waals surface area (Å²) in [6, 6.07) is 11.9. The van der Waals surface area contributed by atoms with Gasteiger partial charge in [0.05, 0.1) is 31.8 Å². The summed E-state index contributed by atoms with van der Waals surface area (Å²) in [5, 5.41) is 3.09. The average Bonchev–Trinajstić information content (AvgIpc) is 3.33. The number of benzene rings is 2. The highest BCUT2D eigenvalue weighted by molar-refractivity contribution is 5.85. The van der Waals surface area contributed by atoms with Crippen LogP contribution < -0.4 is 14.8 Å². The van der Waals surface area contributed by atoms with E-state index in [1.165, 1.54) is 12.1 Å². The Balaban J connectivity index is 1.47. The van der Waals surface area contributed by atoms with Crippen molar-refractivity contribution >= 4 is 5.91 Å². The van der Waals surface area contributed by atoms with E-state index in [9.17, 15) is 9.18 Å². The summed E-state index contributed by atoms with van der Waals surface area (Å²) >= 11 is 0. The first kappa shape index (κ1) is 18.7. The van der Waals surface area contributed by atoms with Crippen LogP contribution >= 0.6 is 0 Å². The molecule has 148 valence electrons. The van der Waals surface area contributed by atoms with Gasteiger partial charge in [-0.15, -0.1) is 0 Å². The van der Waals surface area contributed by atoms with Gasteiger partial charge in [-0.3, -0.25) is 4.79 Å². The first-order chi connectivity index (χ1) is 13.6. The second kappa shape index (κ2) is 7.43. The predicted octanol–water partition coefficient (Wildman–Crippen LogP) is 3.38. The van der Waals surface area contributed by atoms with Gasteiger partial charge in [-0.25, -0.2) is 4.39 Å². The summed E-state index contributed by atoms with van der Waals surface area (Å²) in [7, 11) is 1.61. The van der Waals surface area contributed by atoms with Crippen LogP contribution in [0.1, 0.15) is 30.5 Å². The van der Waals surface area contributed by atoms with Crippen molar-refractivity contribution in [3.8, 4) is 11.5 Å². The number of hydrogen-bond donors (Lipinski definition) is 1. The third kappa shape index (κ3) is 3.33. The molecule has 6 heteroatoms. The summed E-state index contributed by atoms with van der Waals surface area (Å²) in [4.78, 5) is 12.9. The van der Waals surface area contributed by atoms with E-state index in [-0.39, 0.29) is 23.7 Å². The molecular formula is C22H24FNO4. The van der Waals surface area contributed by atoms with Gasteiger partial charge in [-0.05, 0) is 49.2 Å². The molecule has 1 aliphatic heterocycles. The molecule has 0 radical (unpaired) electrons. The van der Waals surface area contributed by atoms with Gasteiger partial charge >= 0.3 is 0 Å². The number of rotatable bonds is 7. The van der Waals surface area contributed by atoms with Gasteiger partial charge in [-0.2, -0.15) is 0 Å². The zero-order chi connectivity index (χ0) is 19.7. The molecule has 1 heterocycles. The lowest BCUT2D eigenvalue weighted by Crippen LogP contribution is -2.34. The number of amides is 1. The quantitative estimate of drug-likeness (QED) is 0.794. The van der Waals surface area contributed by atoms with Crippen LogP contribution in [0.2, 0.25) is 0 Å². The Morgan fingerprint density at radius 2 is 2.11 bits per heavy atom. The van der Waals surface area contributed by atoms with Crippen LogP contribution in [-0.4, -0.2) is 32.8 Å². The van der Waals surface area contributed by atoms with Crippen molar-refractivity contribution in [3.05, 3.63) is 59.4 Å². The standard InChI is InChI=1S/C22H24FNO4/c1-3-27-16-7-4-14(5-8-16)19(12-26-2)24-21(25)18-11-22(18)13-28-20-9-6-15(23)10-17(20)22/h4-10,18-19H,3,11-13H2,1-2H3,(H,24,25)/t18?,19-,22?/m0/s1. The Hall–Kier alpha value is -2.60. The molecule has 0 aromatic heterocycles. The lowest BCUT2D eigenvalue weighted by Gasteiger charge is -2.19. The minimum absolute atomic E-state index is 0.0587. The smallest absolute Gasteiger partial charge is 0.224 e. The molecule has 1 fully saturated rings. The van der Waals surface area contributed by atoms with E-state index < -0.39 is 5.41 Å². The number of halogens is 1. The molecular weight excluding hydrogens is 361 g/mol. The van der Waals surface area contributed by atoms with Gasteiger partial charge in [0, 0.05) is 18.1 Å². The van der Waals surface area contributed by atoms with Crippen molar-refractivity contribution in [2.75, 3.05) is 26.9 Å². The maximum atomic E-state index is 13.7. The molecule has 3 atom stereocenters. The lowest BCUT2D eigenvalue weighted by atomic mass is 9.95. The highest BCUT2D eigenvalue weighted by Gasteiger charge is 2.63. The molecule has 2 unspecified atom stereocenters. The van der Waals surface area contributed by atoms with E-state index >= 15 is 0 Å². The Labute approximate surface area is 163 Å².